The zero-order valence-electron chi connectivity index (χ0n) is 20.6. The van der Waals surface area contributed by atoms with Crippen LogP contribution in [0, 0.1) is 40.4 Å². The minimum absolute atomic E-state index is 0.0524. The third-order valence-electron chi connectivity index (χ3n) is 11.6. The van der Waals surface area contributed by atoms with E-state index in [1.165, 1.54) is 0 Å². The molecule has 33 heavy (non-hydrogen) atoms. The van der Waals surface area contributed by atoms with Gasteiger partial charge in [0.2, 0.25) is 0 Å². The number of allylic oxidation sites excluding steroid dienone is 1. The summed E-state index contributed by atoms with van der Waals surface area (Å²) in [4.78, 5) is 25.7. The number of esters is 1. The van der Waals surface area contributed by atoms with Crippen molar-refractivity contribution < 1.29 is 24.2 Å². The Balaban J connectivity index is 1.30. The molecule has 4 fully saturated rings. The SMILES string of the molecule is CC1=C(C)C(=O)O[C@H]([C@H](C)[C@@H]2CC[C@H]3[C@@H]4[C@@H]5O[C@@H]5[C@]5(O)CC=CC(=O)[C@]5(C)[C@H]4CC[C@@]23C)C1. The second kappa shape index (κ2) is 6.81. The molecule has 1 saturated heterocycles. The lowest BCUT2D eigenvalue weighted by molar-refractivity contribution is -0.182. The molecule has 2 aliphatic heterocycles. The van der Waals surface area contributed by atoms with Gasteiger partial charge in [-0.15, -0.1) is 0 Å². The predicted molar refractivity (Wildman–Crippen MR) is 123 cm³/mol. The highest BCUT2D eigenvalue weighted by molar-refractivity contribution is 5.97. The van der Waals surface area contributed by atoms with Crippen LogP contribution < -0.4 is 0 Å². The molecule has 0 bridgehead atoms. The monoisotopic (exact) mass is 454 g/mol. The zero-order chi connectivity index (χ0) is 23.5. The van der Waals surface area contributed by atoms with Crippen molar-refractivity contribution in [2.75, 3.05) is 0 Å². The topological polar surface area (TPSA) is 76.1 Å². The number of ether oxygens (including phenoxy) is 2. The second-order valence-electron chi connectivity index (χ2n) is 12.5. The van der Waals surface area contributed by atoms with Gasteiger partial charge in [-0.2, -0.15) is 0 Å². The van der Waals surface area contributed by atoms with Crippen LogP contribution in [0.25, 0.3) is 0 Å². The number of cyclic esters (lactones) is 1. The van der Waals surface area contributed by atoms with E-state index in [1.54, 1.807) is 6.08 Å². The van der Waals surface area contributed by atoms with E-state index < -0.39 is 11.0 Å². The fourth-order valence-electron chi connectivity index (χ4n) is 9.34. The first-order chi connectivity index (χ1) is 15.5. The number of hydrogen-bond donors (Lipinski definition) is 1. The quantitative estimate of drug-likeness (QED) is 0.495. The van der Waals surface area contributed by atoms with Crippen molar-refractivity contribution in [3.63, 3.8) is 0 Å². The van der Waals surface area contributed by atoms with Gasteiger partial charge in [-0.3, -0.25) is 4.79 Å². The van der Waals surface area contributed by atoms with Crippen molar-refractivity contribution in [2.24, 2.45) is 40.4 Å². The molecule has 4 aliphatic carbocycles. The Morgan fingerprint density at radius 3 is 2.61 bits per heavy atom. The maximum atomic E-state index is 13.3. The van der Waals surface area contributed by atoms with E-state index in [1.807, 2.05) is 19.9 Å². The first-order valence-electron chi connectivity index (χ1n) is 13.0. The van der Waals surface area contributed by atoms with Crippen LogP contribution in [-0.2, 0) is 19.1 Å². The first kappa shape index (κ1) is 22.0. The van der Waals surface area contributed by atoms with Gasteiger partial charge in [0.05, 0.1) is 11.5 Å². The van der Waals surface area contributed by atoms with Crippen LogP contribution in [0.1, 0.15) is 73.1 Å². The van der Waals surface area contributed by atoms with E-state index >= 15 is 0 Å². The van der Waals surface area contributed by atoms with E-state index in [9.17, 15) is 14.7 Å². The van der Waals surface area contributed by atoms with Gasteiger partial charge in [-0.25, -0.2) is 4.79 Å². The summed E-state index contributed by atoms with van der Waals surface area (Å²) in [5.74, 6) is 1.68. The number of carbonyl (C=O) groups excluding carboxylic acids is 2. The van der Waals surface area contributed by atoms with Crippen molar-refractivity contribution in [3.05, 3.63) is 23.3 Å². The van der Waals surface area contributed by atoms with Gasteiger partial charge in [0.1, 0.15) is 17.8 Å². The molecule has 0 spiro atoms. The molecule has 0 amide bonds. The molecule has 0 unspecified atom stereocenters. The lowest BCUT2D eigenvalue weighted by Crippen LogP contribution is -2.67. The third kappa shape index (κ3) is 2.61. The summed E-state index contributed by atoms with van der Waals surface area (Å²) >= 11 is 0. The van der Waals surface area contributed by atoms with Gasteiger partial charge in [-0.1, -0.05) is 25.5 Å². The first-order valence-corrected chi connectivity index (χ1v) is 13.0. The molecule has 0 radical (unpaired) electrons. The van der Waals surface area contributed by atoms with Crippen LogP contribution in [0.2, 0.25) is 0 Å². The van der Waals surface area contributed by atoms with E-state index in [4.69, 9.17) is 9.47 Å². The van der Waals surface area contributed by atoms with Gasteiger partial charge in [0.15, 0.2) is 5.78 Å². The maximum Gasteiger partial charge on any atom is 0.333 e. The van der Waals surface area contributed by atoms with Gasteiger partial charge < -0.3 is 14.6 Å². The van der Waals surface area contributed by atoms with Gasteiger partial charge in [0.25, 0.3) is 0 Å². The van der Waals surface area contributed by atoms with Crippen molar-refractivity contribution >= 4 is 11.8 Å². The molecule has 3 saturated carbocycles. The summed E-state index contributed by atoms with van der Waals surface area (Å²) < 4.78 is 12.1. The fraction of sp³-hybridized carbons (Fsp3) is 0.786. The van der Waals surface area contributed by atoms with E-state index in [-0.39, 0.29) is 41.4 Å². The number of aliphatic hydroxyl groups is 1. The molecule has 1 N–H and O–H groups in total. The molecule has 5 nitrogen and oxygen atoms in total. The maximum absolute atomic E-state index is 13.3. The summed E-state index contributed by atoms with van der Waals surface area (Å²) in [6, 6.07) is 0. The van der Waals surface area contributed by atoms with Crippen LogP contribution in [0.15, 0.2) is 23.3 Å². The Bertz CT molecular complexity index is 981. The molecule has 5 heteroatoms. The molecule has 0 aromatic rings. The summed E-state index contributed by atoms with van der Waals surface area (Å²) in [7, 11) is 0. The molecule has 6 aliphatic rings. The Kier molecular flexibility index (Phi) is 4.55. The molecule has 180 valence electrons. The number of carbonyl (C=O) groups is 2. The van der Waals surface area contributed by atoms with Crippen LogP contribution in [-0.4, -0.2) is 40.8 Å². The molecule has 11 atom stereocenters. The highest BCUT2D eigenvalue weighted by atomic mass is 16.6. The lowest BCUT2D eigenvalue weighted by Gasteiger charge is -2.60. The Hall–Kier alpha value is -1.46. The van der Waals surface area contributed by atoms with Crippen LogP contribution >= 0.6 is 0 Å². The second-order valence-corrected chi connectivity index (χ2v) is 12.5. The standard InChI is InChI=1S/C28H38O5/c1-14-13-20(32-25(30)15(14)2)16(3)17-8-9-18-22-19(10-12-26(17,18)4)27(5)21(29)7-6-11-28(27,31)24-23(22)33-24/h6-7,16-20,22-24,31H,8-13H2,1-5H3/t16-,17+,18+,19+,20+,22+,23+,24+,26+,27+,28-/m1/s1. The summed E-state index contributed by atoms with van der Waals surface area (Å²) in [5, 5.41) is 11.7. The number of ketones is 1. The van der Waals surface area contributed by atoms with E-state index in [0.717, 1.165) is 43.3 Å². The predicted octanol–water partition coefficient (Wildman–Crippen LogP) is 4.38. The van der Waals surface area contributed by atoms with Gasteiger partial charge >= 0.3 is 5.97 Å². The lowest BCUT2D eigenvalue weighted by atomic mass is 9.43. The van der Waals surface area contributed by atoms with Gasteiger partial charge in [0, 0.05) is 12.0 Å². The minimum atomic E-state index is -1.07. The minimum Gasteiger partial charge on any atom is -0.458 e. The highest BCUT2D eigenvalue weighted by Crippen LogP contribution is 2.71. The fourth-order valence-corrected chi connectivity index (χ4v) is 9.34. The van der Waals surface area contributed by atoms with Crippen molar-refractivity contribution in [1.82, 2.24) is 0 Å². The smallest absolute Gasteiger partial charge is 0.333 e. The highest BCUT2D eigenvalue weighted by Gasteiger charge is 2.77. The average molecular weight is 455 g/mol. The number of epoxide rings is 1. The van der Waals surface area contributed by atoms with E-state index in [0.29, 0.717) is 30.1 Å². The normalized spacial score (nSPS) is 53.6. The molecular formula is C28H38O5. The Morgan fingerprint density at radius 1 is 1.12 bits per heavy atom. The number of fused-ring (bicyclic) bond motifs is 8. The molecule has 0 aromatic heterocycles. The Morgan fingerprint density at radius 2 is 1.88 bits per heavy atom. The van der Waals surface area contributed by atoms with Crippen molar-refractivity contribution in [1.29, 1.82) is 0 Å². The zero-order valence-corrected chi connectivity index (χ0v) is 20.6. The average Bonchev–Trinajstić information content (AvgIpc) is 3.50. The molecule has 0 aromatic carbocycles. The molecule has 6 rings (SSSR count). The Labute approximate surface area is 197 Å². The van der Waals surface area contributed by atoms with Crippen molar-refractivity contribution in [3.8, 4) is 0 Å². The van der Waals surface area contributed by atoms with E-state index in [2.05, 4.69) is 20.8 Å². The molecule has 2 heterocycles. The number of rotatable bonds is 2. The number of hydrogen-bond acceptors (Lipinski definition) is 5. The molecular weight excluding hydrogens is 416 g/mol. The largest absolute Gasteiger partial charge is 0.458 e. The summed E-state index contributed by atoms with van der Waals surface area (Å²) in [5.41, 5.74) is 0.243. The van der Waals surface area contributed by atoms with Crippen LogP contribution in [0.5, 0.6) is 0 Å². The third-order valence-corrected chi connectivity index (χ3v) is 11.6. The summed E-state index contributed by atoms with van der Waals surface area (Å²) in [6.45, 7) is 10.7. The van der Waals surface area contributed by atoms with Gasteiger partial charge in [-0.05, 0) is 94.0 Å². The summed E-state index contributed by atoms with van der Waals surface area (Å²) in [6.07, 6.45) is 8.98. The van der Waals surface area contributed by atoms with Crippen molar-refractivity contribution in [2.45, 2.75) is 97.1 Å². The van der Waals surface area contributed by atoms with Crippen LogP contribution in [0.4, 0.5) is 0 Å². The van der Waals surface area contributed by atoms with Crippen LogP contribution in [0.3, 0.4) is 0 Å².